The van der Waals surface area contributed by atoms with Crippen molar-refractivity contribution in [3.8, 4) is 16.9 Å². The van der Waals surface area contributed by atoms with Gasteiger partial charge >= 0.3 is 0 Å². The van der Waals surface area contributed by atoms with Crippen LogP contribution in [0.25, 0.3) is 11.1 Å². The lowest BCUT2D eigenvalue weighted by atomic mass is 10.1. The molecule has 0 bridgehead atoms. The van der Waals surface area contributed by atoms with Gasteiger partial charge in [-0.15, -0.1) is 0 Å². The highest BCUT2D eigenvalue weighted by atomic mass is 16.5. The minimum Gasteiger partial charge on any atom is -0.494 e. The number of hydrogen-bond acceptors (Lipinski definition) is 3. The Morgan fingerprint density at radius 3 is 1.52 bits per heavy atom. The van der Waals surface area contributed by atoms with Crippen LogP contribution >= 0.6 is 0 Å². The average Bonchev–Trinajstić information content (AvgIpc) is 2.88. The van der Waals surface area contributed by atoms with Crippen molar-refractivity contribution in [1.29, 1.82) is 0 Å². The molecular weight excluding hydrogens is 380 g/mol. The lowest BCUT2D eigenvalue weighted by Crippen LogP contribution is -1.96. The highest BCUT2D eigenvalue weighted by Gasteiger charge is 1.95. The van der Waals surface area contributed by atoms with Gasteiger partial charge in [0.25, 0.3) is 0 Å². The highest BCUT2D eigenvalue weighted by Crippen LogP contribution is 2.20. The van der Waals surface area contributed by atoms with Gasteiger partial charge in [0.05, 0.1) is 6.61 Å². The van der Waals surface area contributed by atoms with Crippen molar-refractivity contribution in [2.45, 2.75) is 47.5 Å². The van der Waals surface area contributed by atoms with Gasteiger partial charge in [0.1, 0.15) is 5.75 Å². The maximum absolute atomic E-state index is 5.52. The lowest BCUT2D eigenvalue weighted by Gasteiger charge is -2.05. The predicted octanol–water partition coefficient (Wildman–Crippen LogP) is 8.35. The third-order valence-electron chi connectivity index (χ3n) is 4.19. The third kappa shape index (κ3) is 11.7. The van der Waals surface area contributed by atoms with E-state index in [0.29, 0.717) is 0 Å². The Bertz CT molecular complexity index is 753. The second-order valence-corrected chi connectivity index (χ2v) is 6.17. The second-order valence-electron chi connectivity index (χ2n) is 6.17. The number of anilines is 2. The molecule has 3 nitrogen and oxygen atoms in total. The summed E-state index contributed by atoms with van der Waals surface area (Å²) in [5, 5.41) is 6.17. The summed E-state index contributed by atoms with van der Waals surface area (Å²) in [6, 6.07) is 26.8. The summed E-state index contributed by atoms with van der Waals surface area (Å²) in [5.41, 5.74) is 4.77. The zero-order valence-electron chi connectivity index (χ0n) is 20.5. The van der Waals surface area contributed by atoms with Gasteiger partial charge in [-0.1, -0.05) is 83.5 Å². The normalized spacial score (nSPS) is 8.87. The van der Waals surface area contributed by atoms with E-state index in [9.17, 15) is 0 Å². The first-order valence-electron chi connectivity index (χ1n) is 11.5. The summed E-state index contributed by atoms with van der Waals surface area (Å²) in [4.78, 5) is 0. The van der Waals surface area contributed by atoms with Crippen LogP contribution in [0, 0.1) is 0 Å². The SMILES string of the molecule is CC.CC.CCCCOc1ccc(NC)cc1.CNc1ccc(-c2ccccc2)cc1. The molecule has 31 heavy (non-hydrogen) atoms. The van der Waals surface area contributed by atoms with Gasteiger partial charge in [0, 0.05) is 25.5 Å². The van der Waals surface area contributed by atoms with Crippen LogP contribution in [0.2, 0.25) is 0 Å². The Morgan fingerprint density at radius 2 is 1.06 bits per heavy atom. The van der Waals surface area contributed by atoms with Crippen molar-refractivity contribution in [1.82, 2.24) is 0 Å². The van der Waals surface area contributed by atoms with Gasteiger partial charge < -0.3 is 15.4 Å². The third-order valence-corrected chi connectivity index (χ3v) is 4.19. The largest absolute Gasteiger partial charge is 0.494 e. The summed E-state index contributed by atoms with van der Waals surface area (Å²) >= 11 is 0. The molecule has 0 aliphatic heterocycles. The van der Waals surface area contributed by atoms with Gasteiger partial charge in [-0.25, -0.2) is 0 Å². The number of benzene rings is 3. The Balaban J connectivity index is 0.000000502. The Morgan fingerprint density at radius 1 is 0.613 bits per heavy atom. The molecule has 3 rings (SSSR count). The molecule has 170 valence electrons. The van der Waals surface area contributed by atoms with E-state index in [1.54, 1.807) is 0 Å². The van der Waals surface area contributed by atoms with Gasteiger partial charge in [0.2, 0.25) is 0 Å². The number of rotatable bonds is 7. The van der Waals surface area contributed by atoms with Crippen molar-refractivity contribution >= 4 is 11.4 Å². The zero-order valence-corrected chi connectivity index (χ0v) is 20.5. The zero-order chi connectivity index (χ0) is 23.3. The molecule has 3 heteroatoms. The van der Waals surface area contributed by atoms with E-state index in [-0.39, 0.29) is 0 Å². The van der Waals surface area contributed by atoms with Gasteiger partial charge in [-0.05, 0) is 53.9 Å². The molecule has 0 amide bonds. The monoisotopic (exact) mass is 422 g/mol. The summed E-state index contributed by atoms with van der Waals surface area (Å²) in [5.74, 6) is 0.951. The maximum atomic E-state index is 5.52. The first-order chi connectivity index (χ1) is 15.3. The molecule has 0 atom stereocenters. The van der Waals surface area contributed by atoms with E-state index in [4.69, 9.17) is 4.74 Å². The van der Waals surface area contributed by atoms with Gasteiger partial charge in [-0.2, -0.15) is 0 Å². The van der Waals surface area contributed by atoms with Crippen molar-refractivity contribution in [3.63, 3.8) is 0 Å². The molecule has 3 aromatic carbocycles. The van der Waals surface area contributed by atoms with E-state index in [0.717, 1.165) is 30.2 Å². The van der Waals surface area contributed by atoms with E-state index >= 15 is 0 Å². The smallest absolute Gasteiger partial charge is 0.119 e. The molecule has 0 heterocycles. The second kappa shape index (κ2) is 19.0. The molecule has 0 saturated heterocycles. The minimum atomic E-state index is 0.815. The van der Waals surface area contributed by atoms with Crippen molar-refractivity contribution in [2.24, 2.45) is 0 Å². The van der Waals surface area contributed by atoms with Crippen LogP contribution in [0.5, 0.6) is 5.75 Å². The standard InChI is InChI=1S/C13H13N.C11H17NO.2C2H6/c1-14-13-9-7-12(8-10-13)11-5-3-2-4-6-11;1-3-4-9-13-11-7-5-10(12-2)6-8-11;2*1-2/h2-10,14H,1H3;5-8,12H,3-4,9H2,1-2H3;2*1-2H3. The molecule has 0 radical (unpaired) electrons. The van der Waals surface area contributed by atoms with E-state index in [2.05, 4.69) is 66.1 Å². The van der Waals surface area contributed by atoms with Crippen LogP contribution in [-0.4, -0.2) is 20.7 Å². The van der Waals surface area contributed by atoms with Gasteiger partial charge in [-0.3, -0.25) is 0 Å². The fourth-order valence-corrected chi connectivity index (χ4v) is 2.51. The molecule has 0 fully saturated rings. The Labute approximate surface area is 190 Å². The van der Waals surface area contributed by atoms with E-state index in [1.807, 2.05) is 72.1 Å². The number of unbranched alkanes of at least 4 members (excludes halogenated alkanes) is 1. The van der Waals surface area contributed by atoms with Gasteiger partial charge in [0.15, 0.2) is 0 Å². The number of nitrogens with one attached hydrogen (secondary N) is 2. The van der Waals surface area contributed by atoms with Crippen LogP contribution in [0.1, 0.15) is 47.5 Å². The summed E-state index contributed by atoms with van der Waals surface area (Å²) in [6.07, 6.45) is 2.29. The Hall–Kier alpha value is -2.94. The highest BCUT2D eigenvalue weighted by molar-refractivity contribution is 5.65. The molecule has 2 N–H and O–H groups in total. The number of hydrogen-bond donors (Lipinski definition) is 2. The summed E-state index contributed by atoms with van der Waals surface area (Å²) < 4.78 is 5.52. The molecule has 0 spiro atoms. The van der Waals surface area contributed by atoms with E-state index < -0.39 is 0 Å². The molecular formula is C28H42N2O. The first-order valence-corrected chi connectivity index (χ1v) is 11.5. The molecule has 0 unspecified atom stereocenters. The van der Waals surface area contributed by atoms with Crippen LogP contribution in [0.4, 0.5) is 11.4 Å². The minimum absolute atomic E-state index is 0.815. The van der Waals surface area contributed by atoms with Crippen molar-refractivity contribution < 1.29 is 4.74 Å². The predicted molar refractivity (Wildman–Crippen MR) is 141 cm³/mol. The quantitative estimate of drug-likeness (QED) is 0.375. The number of ether oxygens (including phenoxy) is 1. The molecule has 0 aliphatic rings. The molecule has 0 saturated carbocycles. The topological polar surface area (TPSA) is 33.3 Å². The fraction of sp³-hybridized carbons (Fsp3) is 0.357. The molecule has 0 aliphatic carbocycles. The van der Waals surface area contributed by atoms with Crippen LogP contribution < -0.4 is 15.4 Å². The first kappa shape index (κ1) is 28.1. The summed E-state index contributed by atoms with van der Waals surface area (Å²) in [7, 11) is 3.84. The average molecular weight is 423 g/mol. The summed E-state index contributed by atoms with van der Waals surface area (Å²) in [6.45, 7) is 11.0. The lowest BCUT2D eigenvalue weighted by molar-refractivity contribution is 0.309. The molecule has 3 aromatic rings. The Kier molecular flexibility index (Phi) is 17.2. The van der Waals surface area contributed by atoms with Crippen LogP contribution in [0.3, 0.4) is 0 Å². The fourth-order valence-electron chi connectivity index (χ4n) is 2.51. The molecule has 0 aromatic heterocycles. The van der Waals surface area contributed by atoms with Crippen LogP contribution in [-0.2, 0) is 0 Å². The van der Waals surface area contributed by atoms with E-state index in [1.165, 1.54) is 17.5 Å². The van der Waals surface area contributed by atoms with Crippen molar-refractivity contribution in [3.05, 3.63) is 78.9 Å². The van der Waals surface area contributed by atoms with Crippen LogP contribution in [0.15, 0.2) is 78.9 Å². The van der Waals surface area contributed by atoms with Crippen molar-refractivity contribution in [2.75, 3.05) is 31.3 Å². The maximum Gasteiger partial charge on any atom is 0.119 e.